The molecule has 0 unspecified atom stereocenters. The third-order valence-corrected chi connectivity index (χ3v) is 4.77. The van der Waals surface area contributed by atoms with Gasteiger partial charge in [-0.3, -0.25) is 0 Å². The fourth-order valence-corrected chi connectivity index (χ4v) is 2.70. The van der Waals surface area contributed by atoms with Crippen molar-refractivity contribution in [1.82, 2.24) is 0 Å². The number of nitrogens with zero attached hydrogens (tertiary/aromatic N) is 2. The standard InChI is InChI=1S/C16H36N2O4/c1-17(9-11-21-15-13-19-3)5-7-18(2,8-6-17)10-12-22-16-14-20-4/h5-16H2,1-4H3/q+2. The predicted molar refractivity (Wildman–Crippen MR) is 87.0 cm³/mol. The zero-order valence-corrected chi connectivity index (χ0v) is 15.0. The van der Waals surface area contributed by atoms with E-state index in [1.807, 2.05) is 0 Å². The Bertz CT molecular complexity index is 253. The van der Waals surface area contributed by atoms with Crippen molar-refractivity contribution in [3.05, 3.63) is 0 Å². The maximum atomic E-state index is 5.62. The molecular formula is C16H36N2O4+2. The first-order valence-electron chi connectivity index (χ1n) is 8.34. The summed E-state index contributed by atoms with van der Waals surface area (Å²) >= 11 is 0. The Morgan fingerprint density at radius 3 is 1.27 bits per heavy atom. The normalized spacial score (nSPS) is 28.9. The SMILES string of the molecule is COCCOCC[N+]1(C)CC[N+](C)(CCOCCOC)CC1. The van der Waals surface area contributed by atoms with Crippen molar-refractivity contribution in [1.29, 1.82) is 0 Å². The van der Waals surface area contributed by atoms with Crippen LogP contribution in [0, 0.1) is 0 Å². The first-order chi connectivity index (χ1) is 10.5. The van der Waals surface area contributed by atoms with E-state index in [2.05, 4.69) is 14.1 Å². The van der Waals surface area contributed by atoms with Gasteiger partial charge in [0.05, 0.1) is 53.7 Å². The molecule has 0 N–H and O–H groups in total. The second kappa shape index (κ2) is 10.5. The van der Waals surface area contributed by atoms with E-state index < -0.39 is 0 Å². The van der Waals surface area contributed by atoms with Crippen molar-refractivity contribution in [3.8, 4) is 0 Å². The van der Waals surface area contributed by atoms with Gasteiger partial charge in [0.2, 0.25) is 0 Å². The van der Waals surface area contributed by atoms with Gasteiger partial charge in [0.25, 0.3) is 0 Å². The number of hydrogen-bond acceptors (Lipinski definition) is 4. The van der Waals surface area contributed by atoms with Crippen LogP contribution in [0.2, 0.25) is 0 Å². The highest BCUT2D eigenvalue weighted by molar-refractivity contribution is 4.51. The highest BCUT2D eigenvalue weighted by atomic mass is 16.5. The van der Waals surface area contributed by atoms with Crippen LogP contribution in [-0.4, -0.2) is 116 Å². The van der Waals surface area contributed by atoms with Crippen LogP contribution in [0.3, 0.4) is 0 Å². The molecule has 1 aliphatic rings. The Balaban J connectivity index is 2.17. The monoisotopic (exact) mass is 320 g/mol. The number of quaternary nitrogens is 2. The zero-order valence-electron chi connectivity index (χ0n) is 15.0. The maximum Gasteiger partial charge on any atom is 0.129 e. The molecule has 0 amide bonds. The molecule has 0 aliphatic carbocycles. The maximum absolute atomic E-state index is 5.62. The lowest BCUT2D eigenvalue weighted by Gasteiger charge is -2.46. The summed E-state index contributed by atoms with van der Waals surface area (Å²) in [6, 6.07) is 0. The van der Waals surface area contributed by atoms with Gasteiger partial charge >= 0.3 is 0 Å². The lowest BCUT2D eigenvalue weighted by atomic mass is 10.2. The van der Waals surface area contributed by atoms with Gasteiger partial charge in [0.1, 0.15) is 39.3 Å². The van der Waals surface area contributed by atoms with Crippen LogP contribution < -0.4 is 0 Å². The predicted octanol–water partition coefficient (Wildman–Crippen LogP) is 0.219. The number of ether oxygens (including phenoxy) is 4. The molecule has 0 radical (unpaired) electrons. The van der Waals surface area contributed by atoms with Gasteiger partial charge in [0, 0.05) is 14.2 Å². The second-order valence-corrected chi connectivity index (χ2v) is 6.79. The van der Waals surface area contributed by atoms with Crippen LogP contribution in [0.5, 0.6) is 0 Å². The summed E-state index contributed by atoms with van der Waals surface area (Å²) in [5.74, 6) is 0. The minimum atomic E-state index is 0.682. The summed E-state index contributed by atoms with van der Waals surface area (Å²) < 4.78 is 23.5. The molecular weight excluding hydrogens is 284 g/mol. The average Bonchev–Trinajstić information content (AvgIpc) is 2.51. The van der Waals surface area contributed by atoms with Crippen LogP contribution >= 0.6 is 0 Å². The summed E-state index contributed by atoms with van der Waals surface area (Å²) in [7, 11) is 8.11. The first kappa shape index (κ1) is 19.8. The minimum Gasteiger partial charge on any atom is -0.382 e. The van der Waals surface area contributed by atoms with Crippen molar-refractivity contribution < 1.29 is 27.9 Å². The fourth-order valence-electron chi connectivity index (χ4n) is 2.70. The number of likely N-dealkylation sites (N-methyl/N-ethyl adjacent to an activating group) is 2. The van der Waals surface area contributed by atoms with Gasteiger partial charge in [-0.05, 0) is 0 Å². The smallest absolute Gasteiger partial charge is 0.129 e. The second-order valence-electron chi connectivity index (χ2n) is 6.79. The number of piperazine rings is 1. The minimum absolute atomic E-state index is 0.682. The number of methoxy groups -OCH3 is 2. The Morgan fingerprint density at radius 2 is 0.955 bits per heavy atom. The number of hydrogen-bond donors (Lipinski definition) is 0. The topological polar surface area (TPSA) is 36.9 Å². The van der Waals surface area contributed by atoms with Crippen molar-refractivity contribution in [3.63, 3.8) is 0 Å². The molecule has 1 fully saturated rings. The van der Waals surface area contributed by atoms with E-state index in [9.17, 15) is 0 Å². The van der Waals surface area contributed by atoms with Gasteiger partial charge < -0.3 is 27.9 Å². The van der Waals surface area contributed by atoms with Crippen molar-refractivity contribution in [2.75, 3.05) is 107 Å². The van der Waals surface area contributed by atoms with Crippen LogP contribution in [0.4, 0.5) is 0 Å². The first-order valence-corrected chi connectivity index (χ1v) is 8.34. The summed E-state index contributed by atoms with van der Waals surface area (Å²) in [4.78, 5) is 0. The van der Waals surface area contributed by atoms with E-state index in [-0.39, 0.29) is 0 Å². The molecule has 132 valence electrons. The van der Waals surface area contributed by atoms with Crippen LogP contribution in [-0.2, 0) is 18.9 Å². The molecule has 22 heavy (non-hydrogen) atoms. The summed E-state index contributed by atoms with van der Waals surface area (Å²) in [6.45, 7) is 11.4. The number of rotatable bonds is 12. The van der Waals surface area contributed by atoms with Gasteiger partial charge in [-0.25, -0.2) is 0 Å². The summed E-state index contributed by atoms with van der Waals surface area (Å²) in [5.41, 5.74) is 0. The molecule has 0 aromatic carbocycles. The molecule has 1 saturated heterocycles. The van der Waals surface area contributed by atoms with Crippen molar-refractivity contribution in [2.24, 2.45) is 0 Å². The molecule has 0 atom stereocenters. The van der Waals surface area contributed by atoms with E-state index in [4.69, 9.17) is 18.9 Å². The van der Waals surface area contributed by atoms with Crippen LogP contribution in [0.1, 0.15) is 0 Å². The molecule has 1 aliphatic heterocycles. The zero-order chi connectivity index (χ0) is 16.3. The Kier molecular flexibility index (Phi) is 9.47. The Hall–Kier alpha value is -0.240. The van der Waals surface area contributed by atoms with E-state index in [0.717, 1.165) is 35.3 Å². The molecule has 0 saturated carbocycles. The fraction of sp³-hybridized carbons (Fsp3) is 1.00. The Labute approximate surface area is 136 Å². The Morgan fingerprint density at radius 1 is 0.591 bits per heavy atom. The van der Waals surface area contributed by atoms with E-state index in [1.165, 1.54) is 26.2 Å². The van der Waals surface area contributed by atoms with Crippen molar-refractivity contribution in [2.45, 2.75) is 0 Å². The van der Waals surface area contributed by atoms with Crippen LogP contribution in [0.15, 0.2) is 0 Å². The quantitative estimate of drug-likeness (QED) is 0.381. The van der Waals surface area contributed by atoms with Gasteiger partial charge in [-0.15, -0.1) is 0 Å². The van der Waals surface area contributed by atoms with Crippen molar-refractivity contribution >= 4 is 0 Å². The molecule has 6 nitrogen and oxygen atoms in total. The molecule has 0 spiro atoms. The van der Waals surface area contributed by atoms with E-state index >= 15 is 0 Å². The summed E-state index contributed by atoms with van der Waals surface area (Å²) in [6.07, 6.45) is 0. The molecule has 6 heteroatoms. The van der Waals surface area contributed by atoms with E-state index in [0.29, 0.717) is 26.4 Å². The largest absolute Gasteiger partial charge is 0.382 e. The van der Waals surface area contributed by atoms with Gasteiger partial charge in [-0.2, -0.15) is 0 Å². The molecule has 1 rings (SSSR count). The summed E-state index contributed by atoms with van der Waals surface area (Å²) in [5, 5.41) is 0. The van der Waals surface area contributed by atoms with Gasteiger partial charge in [0.15, 0.2) is 0 Å². The third kappa shape index (κ3) is 7.85. The highest BCUT2D eigenvalue weighted by Crippen LogP contribution is 2.15. The molecule has 1 heterocycles. The lowest BCUT2D eigenvalue weighted by Crippen LogP contribution is -2.65. The lowest BCUT2D eigenvalue weighted by molar-refractivity contribution is -1.02. The van der Waals surface area contributed by atoms with Gasteiger partial charge in [-0.1, -0.05) is 0 Å². The molecule has 0 aromatic heterocycles. The van der Waals surface area contributed by atoms with Crippen LogP contribution in [0.25, 0.3) is 0 Å². The average molecular weight is 320 g/mol. The molecule has 0 aromatic rings. The van der Waals surface area contributed by atoms with E-state index in [1.54, 1.807) is 14.2 Å². The molecule has 0 bridgehead atoms. The third-order valence-electron chi connectivity index (χ3n) is 4.77. The highest BCUT2D eigenvalue weighted by Gasteiger charge is 2.36.